The van der Waals surface area contributed by atoms with Crippen molar-refractivity contribution in [2.75, 3.05) is 18.5 Å². The Balaban J connectivity index is 1.62. The molecule has 1 saturated heterocycles. The number of benzene rings is 3. The summed E-state index contributed by atoms with van der Waals surface area (Å²) in [4.78, 5) is 0.277. The van der Waals surface area contributed by atoms with Crippen LogP contribution in [0.4, 0.5) is 5.69 Å². The number of aliphatic hydroxyl groups is 1. The van der Waals surface area contributed by atoms with Gasteiger partial charge in [0.15, 0.2) is 0 Å². The first kappa shape index (κ1) is 20.7. The first-order valence-corrected chi connectivity index (χ1v) is 12.1. The zero-order valence-electron chi connectivity index (χ0n) is 17.3. The average molecular weight is 446 g/mol. The third-order valence-electron chi connectivity index (χ3n) is 6.50. The molecular formula is C25H23N3O3S. The maximum absolute atomic E-state index is 13.5. The SMILES string of the molecule is N#Cc1cccc(-c2ccc3c(c2)[C@H]2[C@H](CCN2S(=O)(=O)c2ccccc2)[C@@H](CO)N3)c1. The monoisotopic (exact) mass is 445 g/mol. The van der Waals surface area contributed by atoms with Gasteiger partial charge in [0.2, 0.25) is 10.0 Å². The maximum Gasteiger partial charge on any atom is 0.243 e. The summed E-state index contributed by atoms with van der Waals surface area (Å²) in [6.45, 7) is 0.337. The van der Waals surface area contributed by atoms with E-state index in [2.05, 4.69) is 11.4 Å². The molecule has 2 aliphatic rings. The third kappa shape index (κ3) is 3.37. The molecule has 3 aromatic rings. The second kappa shape index (κ2) is 8.06. The summed E-state index contributed by atoms with van der Waals surface area (Å²) in [5.74, 6) is -0.0355. The van der Waals surface area contributed by atoms with Crippen LogP contribution < -0.4 is 5.32 Å². The molecule has 2 heterocycles. The van der Waals surface area contributed by atoms with Crippen LogP contribution in [0.3, 0.4) is 0 Å². The largest absolute Gasteiger partial charge is 0.394 e. The van der Waals surface area contributed by atoms with E-state index < -0.39 is 10.0 Å². The summed E-state index contributed by atoms with van der Waals surface area (Å²) >= 11 is 0. The smallest absolute Gasteiger partial charge is 0.243 e. The Morgan fingerprint density at radius 3 is 2.56 bits per heavy atom. The van der Waals surface area contributed by atoms with Gasteiger partial charge < -0.3 is 10.4 Å². The van der Waals surface area contributed by atoms with Crippen LogP contribution in [0.2, 0.25) is 0 Å². The van der Waals surface area contributed by atoms with Gasteiger partial charge in [0.25, 0.3) is 0 Å². The zero-order chi connectivity index (χ0) is 22.3. The van der Waals surface area contributed by atoms with Crippen LogP contribution in [0.5, 0.6) is 0 Å². The number of hydrogen-bond donors (Lipinski definition) is 2. The Hall–Kier alpha value is -3.18. The topological polar surface area (TPSA) is 93.4 Å². The highest BCUT2D eigenvalue weighted by atomic mass is 32.2. The van der Waals surface area contributed by atoms with E-state index in [9.17, 15) is 18.8 Å². The van der Waals surface area contributed by atoms with Crippen molar-refractivity contribution < 1.29 is 13.5 Å². The fourth-order valence-electron chi connectivity index (χ4n) is 4.97. The summed E-state index contributed by atoms with van der Waals surface area (Å²) in [7, 11) is -3.69. The Labute approximate surface area is 187 Å². The molecule has 0 aromatic heterocycles. The lowest BCUT2D eigenvalue weighted by Gasteiger charge is -2.39. The molecule has 0 amide bonds. The minimum absolute atomic E-state index is 0.0355. The Morgan fingerprint density at radius 1 is 1.03 bits per heavy atom. The minimum Gasteiger partial charge on any atom is -0.394 e. The zero-order valence-corrected chi connectivity index (χ0v) is 18.2. The van der Waals surface area contributed by atoms with Gasteiger partial charge >= 0.3 is 0 Å². The van der Waals surface area contributed by atoms with E-state index in [1.807, 2.05) is 36.4 Å². The van der Waals surface area contributed by atoms with Crippen molar-refractivity contribution in [3.8, 4) is 17.2 Å². The van der Waals surface area contributed by atoms with Crippen LogP contribution in [-0.4, -0.2) is 37.0 Å². The summed E-state index contributed by atoms with van der Waals surface area (Å²) in [6.07, 6.45) is 0.669. The van der Waals surface area contributed by atoms with Crippen molar-refractivity contribution in [1.82, 2.24) is 4.31 Å². The molecule has 3 atom stereocenters. The molecule has 0 saturated carbocycles. The number of nitrogens with one attached hydrogen (secondary N) is 1. The van der Waals surface area contributed by atoms with Gasteiger partial charge in [-0.1, -0.05) is 36.4 Å². The van der Waals surface area contributed by atoms with Gasteiger partial charge in [-0.2, -0.15) is 9.57 Å². The lowest BCUT2D eigenvalue weighted by atomic mass is 9.82. The fraction of sp³-hybridized carbons (Fsp3) is 0.240. The highest BCUT2D eigenvalue weighted by Crippen LogP contribution is 2.49. The van der Waals surface area contributed by atoms with Crippen LogP contribution in [0.1, 0.15) is 23.6 Å². The van der Waals surface area contributed by atoms with Gasteiger partial charge in [0.1, 0.15) is 0 Å². The number of nitriles is 1. The molecule has 32 heavy (non-hydrogen) atoms. The molecule has 2 N–H and O–H groups in total. The van der Waals surface area contributed by atoms with Crippen molar-refractivity contribution in [1.29, 1.82) is 5.26 Å². The lowest BCUT2D eigenvalue weighted by Crippen LogP contribution is -2.42. The van der Waals surface area contributed by atoms with E-state index >= 15 is 0 Å². The third-order valence-corrected chi connectivity index (χ3v) is 8.39. The Bertz CT molecular complexity index is 1300. The first-order chi connectivity index (χ1) is 15.5. The molecule has 0 aliphatic carbocycles. The highest BCUT2D eigenvalue weighted by molar-refractivity contribution is 7.89. The van der Waals surface area contributed by atoms with Crippen molar-refractivity contribution in [3.63, 3.8) is 0 Å². The molecular weight excluding hydrogens is 422 g/mol. The predicted molar refractivity (Wildman–Crippen MR) is 122 cm³/mol. The molecule has 0 radical (unpaired) electrons. The second-order valence-electron chi connectivity index (χ2n) is 8.25. The second-order valence-corrected chi connectivity index (χ2v) is 10.1. The molecule has 2 aliphatic heterocycles. The highest BCUT2D eigenvalue weighted by Gasteiger charge is 2.48. The fourth-order valence-corrected chi connectivity index (χ4v) is 6.65. The Morgan fingerprint density at radius 2 is 1.81 bits per heavy atom. The average Bonchev–Trinajstić information content (AvgIpc) is 3.30. The van der Waals surface area contributed by atoms with E-state index in [0.717, 1.165) is 22.4 Å². The number of rotatable bonds is 4. The molecule has 3 aromatic carbocycles. The summed E-state index contributed by atoms with van der Waals surface area (Å²) in [5.41, 5.74) is 4.14. The maximum atomic E-state index is 13.5. The van der Waals surface area contributed by atoms with Crippen LogP contribution in [0.15, 0.2) is 77.7 Å². The van der Waals surface area contributed by atoms with Crippen molar-refractivity contribution >= 4 is 15.7 Å². The van der Waals surface area contributed by atoms with Gasteiger partial charge in [0, 0.05) is 18.2 Å². The summed E-state index contributed by atoms with van der Waals surface area (Å²) in [5, 5.41) is 22.7. The number of aliphatic hydroxyl groups excluding tert-OH is 1. The minimum atomic E-state index is -3.69. The van der Waals surface area contributed by atoms with E-state index in [4.69, 9.17) is 0 Å². The normalized spacial score (nSPS) is 22.4. The molecule has 162 valence electrons. The van der Waals surface area contributed by atoms with E-state index in [1.54, 1.807) is 40.7 Å². The number of hydrogen-bond acceptors (Lipinski definition) is 5. The molecule has 0 unspecified atom stereocenters. The van der Waals surface area contributed by atoms with Crippen LogP contribution in [0, 0.1) is 17.2 Å². The first-order valence-electron chi connectivity index (χ1n) is 10.6. The lowest BCUT2D eigenvalue weighted by molar-refractivity contribution is 0.210. The molecule has 1 fully saturated rings. The van der Waals surface area contributed by atoms with E-state index in [-0.39, 0.29) is 29.5 Å². The molecule has 0 spiro atoms. The predicted octanol–water partition coefficient (Wildman–Crippen LogP) is 3.76. The van der Waals surface area contributed by atoms with Crippen LogP contribution in [-0.2, 0) is 10.0 Å². The molecule has 5 rings (SSSR count). The van der Waals surface area contributed by atoms with Gasteiger partial charge in [0.05, 0.1) is 35.2 Å². The van der Waals surface area contributed by atoms with Gasteiger partial charge in [-0.3, -0.25) is 0 Å². The Kier molecular flexibility index (Phi) is 5.22. The number of fused-ring (bicyclic) bond motifs is 3. The van der Waals surface area contributed by atoms with Crippen molar-refractivity contribution in [2.24, 2.45) is 5.92 Å². The molecule has 7 heteroatoms. The standard InChI is InChI=1S/C25H23N3O3S/c26-15-17-5-4-6-18(13-17)19-9-10-23-22(14-19)25-21(24(16-29)27-23)11-12-28(25)32(30,31)20-7-2-1-3-8-20/h1-10,13-14,21,24-25,27,29H,11-12,16H2/t21-,24-,25-/m1/s1. The van der Waals surface area contributed by atoms with Crippen molar-refractivity contribution in [2.45, 2.75) is 23.4 Å². The van der Waals surface area contributed by atoms with Crippen LogP contribution >= 0.6 is 0 Å². The summed E-state index contributed by atoms with van der Waals surface area (Å²) in [6, 6.07) is 23.4. The molecule has 0 bridgehead atoms. The van der Waals surface area contributed by atoms with Gasteiger partial charge in [-0.05, 0) is 59.5 Å². The van der Waals surface area contributed by atoms with Gasteiger partial charge in [-0.15, -0.1) is 0 Å². The molecule has 6 nitrogen and oxygen atoms in total. The number of anilines is 1. The van der Waals surface area contributed by atoms with E-state index in [0.29, 0.717) is 18.5 Å². The van der Waals surface area contributed by atoms with E-state index in [1.165, 1.54) is 0 Å². The number of sulfonamides is 1. The van der Waals surface area contributed by atoms with Crippen LogP contribution in [0.25, 0.3) is 11.1 Å². The quantitative estimate of drug-likeness (QED) is 0.638. The summed E-state index contributed by atoms with van der Waals surface area (Å²) < 4.78 is 28.7. The van der Waals surface area contributed by atoms with Crippen molar-refractivity contribution in [3.05, 3.63) is 83.9 Å². The van der Waals surface area contributed by atoms with Gasteiger partial charge in [-0.25, -0.2) is 8.42 Å². The number of nitrogens with zero attached hydrogens (tertiary/aromatic N) is 2.